The highest BCUT2D eigenvalue weighted by molar-refractivity contribution is 5.93. The molecule has 20 heavy (non-hydrogen) atoms. The zero-order valence-electron chi connectivity index (χ0n) is 12.1. The van der Waals surface area contributed by atoms with E-state index in [-0.39, 0.29) is 5.91 Å². The quantitative estimate of drug-likeness (QED) is 0.706. The Kier molecular flexibility index (Phi) is 3.62. The van der Waals surface area contributed by atoms with Crippen LogP contribution in [0.25, 0.3) is 0 Å². The van der Waals surface area contributed by atoms with Gasteiger partial charge in [-0.25, -0.2) is 9.59 Å². The van der Waals surface area contributed by atoms with Crippen LogP contribution in [0, 0.1) is 0 Å². The van der Waals surface area contributed by atoms with Gasteiger partial charge in [0.1, 0.15) is 17.7 Å². The number of ether oxygens (including phenoxy) is 2. The Hall–Kier alpha value is -1.79. The number of methoxy groups -OCH3 is 1. The fraction of sp³-hybridized carbons (Fsp3) is 0.769. The van der Waals surface area contributed by atoms with Gasteiger partial charge in [-0.05, 0) is 33.6 Å². The van der Waals surface area contributed by atoms with E-state index >= 15 is 0 Å². The summed E-state index contributed by atoms with van der Waals surface area (Å²) in [5, 5.41) is 2.61. The number of rotatable bonds is 1. The second kappa shape index (κ2) is 4.96. The van der Waals surface area contributed by atoms with Crippen molar-refractivity contribution in [2.45, 2.75) is 57.3 Å². The number of esters is 1. The van der Waals surface area contributed by atoms with Crippen LogP contribution in [0.1, 0.15) is 33.6 Å². The third-order valence-corrected chi connectivity index (χ3v) is 3.47. The lowest BCUT2D eigenvalue weighted by Crippen LogP contribution is -2.65. The van der Waals surface area contributed by atoms with Gasteiger partial charge in [0.25, 0.3) is 0 Å². The molecule has 0 unspecified atom stereocenters. The number of nitrogens with one attached hydrogen (secondary N) is 1. The molecule has 1 N–H and O–H groups in total. The molecule has 0 radical (unpaired) electrons. The van der Waals surface area contributed by atoms with Crippen LogP contribution in [0.5, 0.6) is 0 Å². The monoisotopic (exact) mass is 284 g/mol. The molecule has 0 aromatic carbocycles. The maximum absolute atomic E-state index is 12.2. The van der Waals surface area contributed by atoms with Gasteiger partial charge in [-0.3, -0.25) is 9.69 Å². The number of fused-ring (bicyclic) bond motifs is 2. The van der Waals surface area contributed by atoms with Gasteiger partial charge in [0.2, 0.25) is 5.91 Å². The fourth-order valence-electron chi connectivity index (χ4n) is 2.69. The number of hydrogen-bond acceptors (Lipinski definition) is 5. The third kappa shape index (κ3) is 2.57. The third-order valence-electron chi connectivity index (χ3n) is 3.47. The number of hydrogen-bond donors (Lipinski definition) is 1. The van der Waals surface area contributed by atoms with E-state index < -0.39 is 35.8 Å². The second-order valence-electron chi connectivity index (χ2n) is 6.06. The summed E-state index contributed by atoms with van der Waals surface area (Å²) in [6.45, 7) is 5.28. The normalized spacial score (nSPS) is 28.9. The summed E-state index contributed by atoms with van der Waals surface area (Å²) in [5.41, 5.74) is -0.648. The summed E-state index contributed by atoms with van der Waals surface area (Å²) in [4.78, 5) is 37.4. The minimum absolute atomic E-state index is 0.333. The zero-order valence-corrected chi connectivity index (χ0v) is 12.1. The van der Waals surface area contributed by atoms with E-state index in [2.05, 4.69) is 10.1 Å². The Balaban J connectivity index is 2.22. The Morgan fingerprint density at radius 2 is 1.95 bits per heavy atom. The van der Waals surface area contributed by atoms with E-state index in [1.54, 1.807) is 20.8 Å². The second-order valence-corrected chi connectivity index (χ2v) is 6.06. The molecular weight excluding hydrogens is 264 g/mol. The van der Waals surface area contributed by atoms with Gasteiger partial charge < -0.3 is 14.8 Å². The first-order chi connectivity index (χ1) is 9.24. The van der Waals surface area contributed by atoms with Crippen molar-refractivity contribution in [3.05, 3.63) is 0 Å². The fourth-order valence-corrected chi connectivity index (χ4v) is 2.69. The number of amides is 2. The van der Waals surface area contributed by atoms with Crippen LogP contribution in [-0.2, 0) is 19.1 Å². The lowest BCUT2D eigenvalue weighted by atomic mass is 10.1. The molecule has 2 rings (SSSR count). The lowest BCUT2D eigenvalue weighted by molar-refractivity contribution is -0.150. The van der Waals surface area contributed by atoms with Gasteiger partial charge in [0.15, 0.2) is 0 Å². The number of piperazine rings is 1. The smallest absolute Gasteiger partial charge is 0.411 e. The standard InChI is InChI=1S/C13H20N2O5/c1-13(2,3)20-12(18)15-7-5-6-8(15)10(16)14-9(7)11(17)19-4/h7-9H,5-6H2,1-4H3,(H,14,16)/t7-,8+,9+/m0/s1. The molecule has 2 bridgehead atoms. The average Bonchev–Trinajstić information content (AvgIpc) is 2.70. The van der Waals surface area contributed by atoms with Crippen molar-refractivity contribution in [3.63, 3.8) is 0 Å². The summed E-state index contributed by atoms with van der Waals surface area (Å²) < 4.78 is 10.0. The molecule has 112 valence electrons. The summed E-state index contributed by atoms with van der Waals surface area (Å²) >= 11 is 0. The predicted octanol–water partition coefficient (Wildman–Crippen LogP) is 0.426. The van der Waals surface area contributed by atoms with Crippen molar-refractivity contribution in [1.82, 2.24) is 10.2 Å². The molecule has 0 saturated carbocycles. The Morgan fingerprint density at radius 1 is 1.30 bits per heavy atom. The molecule has 0 spiro atoms. The van der Waals surface area contributed by atoms with Crippen molar-refractivity contribution in [2.75, 3.05) is 7.11 Å². The van der Waals surface area contributed by atoms with Crippen LogP contribution in [0.2, 0.25) is 0 Å². The summed E-state index contributed by atoms with van der Waals surface area (Å²) in [7, 11) is 1.26. The predicted molar refractivity (Wildman–Crippen MR) is 68.8 cm³/mol. The molecule has 2 aliphatic heterocycles. The molecule has 2 amide bonds. The Labute approximate surface area is 117 Å². The van der Waals surface area contributed by atoms with Gasteiger partial charge in [0.05, 0.1) is 13.2 Å². The van der Waals surface area contributed by atoms with Crippen LogP contribution in [0.15, 0.2) is 0 Å². The topological polar surface area (TPSA) is 84.9 Å². The van der Waals surface area contributed by atoms with Crippen molar-refractivity contribution in [3.8, 4) is 0 Å². The van der Waals surface area contributed by atoms with Crippen LogP contribution in [0.4, 0.5) is 4.79 Å². The molecular formula is C13H20N2O5. The van der Waals surface area contributed by atoms with Crippen molar-refractivity contribution in [1.29, 1.82) is 0 Å². The van der Waals surface area contributed by atoms with Gasteiger partial charge >= 0.3 is 12.1 Å². The van der Waals surface area contributed by atoms with Crippen LogP contribution in [0.3, 0.4) is 0 Å². The number of carbonyl (C=O) groups is 3. The SMILES string of the molecule is COC(=O)[C@@H]1NC(=O)[C@H]2CC[C@@H]1N2C(=O)OC(C)(C)C. The maximum atomic E-state index is 12.2. The highest BCUT2D eigenvalue weighted by Gasteiger charge is 2.53. The maximum Gasteiger partial charge on any atom is 0.411 e. The van der Waals surface area contributed by atoms with Crippen molar-refractivity contribution < 1.29 is 23.9 Å². The van der Waals surface area contributed by atoms with Crippen LogP contribution >= 0.6 is 0 Å². The first-order valence-corrected chi connectivity index (χ1v) is 6.64. The van der Waals surface area contributed by atoms with Crippen LogP contribution < -0.4 is 5.32 Å². The molecule has 7 nitrogen and oxygen atoms in total. The molecule has 0 aromatic heterocycles. The average molecular weight is 284 g/mol. The molecule has 2 saturated heterocycles. The number of carbonyl (C=O) groups excluding carboxylic acids is 3. The summed E-state index contributed by atoms with van der Waals surface area (Å²) in [6.07, 6.45) is 0.541. The van der Waals surface area contributed by atoms with E-state index in [4.69, 9.17) is 4.74 Å². The molecule has 2 fully saturated rings. The Bertz CT molecular complexity index is 443. The van der Waals surface area contributed by atoms with Gasteiger partial charge in [-0.15, -0.1) is 0 Å². The first-order valence-electron chi connectivity index (χ1n) is 6.64. The highest BCUT2D eigenvalue weighted by Crippen LogP contribution is 2.32. The van der Waals surface area contributed by atoms with Crippen LogP contribution in [-0.4, -0.2) is 53.7 Å². The van der Waals surface area contributed by atoms with E-state index in [9.17, 15) is 14.4 Å². The Morgan fingerprint density at radius 3 is 2.50 bits per heavy atom. The molecule has 2 aliphatic rings. The molecule has 0 aromatic rings. The lowest BCUT2D eigenvalue weighted by Gasteiger charge is -2.39. The van der Waals surface area contributed by atoms with E-state index in [0.717, 1.165) is 0 Å². The van der Waals surface area contributed by atoms with Crippen molar-refractivity contribution in [2.24, 2.45) is 0 Å². The largest absolute Gasteiger partial charge is 0.467 e. The van der Waals surface area contributed by atoms with Gasteiger partial charge in [-0.1, -0.05) is 0 Å². The first kappa shape index (κ1) is 14.6. The highest BCUT2D eigenvalue weighted by atomic mass is 16.6. The summed E-state index contributed by atoms with van der Waals surface area (Å²) in [6, 6.07) is -1.78. The van der Waals surface area contributed by atoms with Gasteiger partial charge in [-0.2, -0.15) is 0 Å². The molecule has 3 atom stereocenters. The van der Waals surface area contributed by atoms with Crippen molar-refractivity contribution >= 4 is 18.0 Å². The minimum atomic E-state index is -0.821. The van der Waals surface area contributed by atoms with Gasteiger partial charge in [0, 0.05) is 0 Å². The number of nitrogens with zero attached hydrogens (tertiary/aromatic N) is 1. The summed E-state index contributed by atoms with van der Waals surface area (Å²) in [5.74, 6) is -0.878. The molecule has 0 aliphatic carbocycles. The molecule has 2 heterocycles. The molecule has 7 heteroatoms. The van der Waals surface area contributed by atoms with E-state index in [1.807, 2.05) is 0 Å². The van der Waals surface area contributed by atoms with E-state index in [1.165, 1.54) is 12.0 Å². The minimum Gasteiger partial charge on any atom is -0.467 e. The van der Waals surface area contributed by atoms with E-state index in [0.29, 0.717) is 12.8 Å². The zero-order chi connectivity index (χ0) is 15.1.